The van der Waals surface area contributed by atoms with E-state index in [1.165, 1.54) is 38.5 Å². The number of methoxy groups -OCH3 is 2. The van der Waals surface area contributed by atoms with E-state index < -0.39 is 11.2 Å². The zero-order valence-electron chi connectivity index (χ0n) is 10.0. The van der Waals surface area contributed by atoms with Crippen molar-refractivity contribution in [2.45, 2.75) is 6.29 Å². The van der Waals surface area contributed by atoms with Gasteiger partial charge in [0.05, 0.1) is 4.92 Å². The number of hydrogen-bond donors (Lipinski definition) is 0. The lowest BCUT2D eigenvalue weighted by atomic mass is 10.1. The van der Waals surface area contributed by atoms with E-state index >= 15 is 0 Å². The van der Waals surface area contributed by atoms with Crippen LogP contribution in [0.3, 0.4) is 0 Å². The fraction of sp³-hybridized carbons (Fsp3) is 0.250. The van der Waals surface area contributed by atoms with Crippen molar-refractivity contribution in [3.05, 3.63) is 46.0 Å². The Labute approximate surface area is 104 Å². The maximum atomic E-state index is 11.5. The highest BCUT2D eigenvalue weighted by Crippen LogP contribution is 2.14. The van der Waals surface area contributed by atoms with Crippen LogP contribution in [0.1, 0.15) is 5.56 Å². The van der Waals surface area contributed by atoms with Gasteiger partial charge < -0.3 is 9.47 Å². The molecule has 0 atom stereocenters. The Bertz CT molecular complexity index is 465. The summed E-state index contributed by atoms with van der Waals surface area (Å²) >= 11 is 0. The van der Waals surface area contributed by atoms with E-state index in [0.29, 0.717) is 5.56 Å². The van der Waals surface area contributed by atoms with E-state index in [1.54, 1.807) is 12.1 Å². The minimum Gasteiger partial charge on any atom is -0.349 e. The third-order valence-corrected chi connectivity index (χ3v) is 2.18. The summed E-state index contributed by atoms with van der Waals surface area (Å²) in [5.41, 5.74) is 0.531. The van der Waals surface area contributed by atoms with Gasteiger partial charge in [-0.1, -0.05) is 18.2 Å². The summed E-state index contributed by atoms with van der Waals surface area (Å²) in [4.78, 5) is 21.6. The van der Waals surface area contributed by atoms with E-state index in [2.05, 4.69) is 0 Å². The second-order valence-electron chi connectivity index (χ2n) is 3.39. The van der Waals surface area contributed by atoms with Crippen molar-refractivity contribution in [3.8, 4) is 0 Å². The minimum absolute atomic E-state index is 0.0281. The van der Waals surface area contributed by atoms with E-state index in [1.807, 2.05) is 0 Å². The highest BCUT2D eigenvalue weighted by atomic mass is 16.7. The first-order chi connectivity index (χ1) is 8.58. The van der Waals surface area contributed by atoms with Crippen LogP contribution < -0.4 is 0 Å². The number of carbonyl (C=O) groups excluding carboxylic acids is 1. The maximum absolute atomic E-state index is 11.5. The first kappa shape index (κ1) is 14.0. The van der Waals surface area contributed by atoms with Crippen LogP contribution in [0.25, 0.3) is 6.08 Å². The summed E-state index contributed by atoms with van der Waals surface area (Å²) in [7, 11) is 2.71. The molecular weight excluding hydrogens is 238 g/mol. The number of nitrogens with zero attached hydrogens (tertiary/aromatic N) is 1. The number of rotatable bonds is 6. The number of ether oxygens (including phenoxy) is 2. The van der Waals surface area contributed by atoms with Gasteiger partial charge in [-0.3, -0.25) is 14.9 Å². The highest BCUT2D eigenvalue weighted by Gasteiger charge is 2.13. The van der Waals surface area contributed by atoms with Gasteiger partial charge in [-0.25, -0.2) is 0 Å². The molecule has 0 aromatic heterocycles. The summed E-state index contributed by atoms with van der Waals surface area (Å²) in [6, 6.07) is 5.96. The van der Waals surface area contributed by atoms with E-state index in [-0.39, 0.29) is 11.5 Å². The van der Waals surface area contributed by atoms with E-state index in [4.69, 9.17) is 9.47 Å². The van der Waals surface area contributed by atoms with Crippen molar-refractivity contribution in [2.24, 2.45) is 0 Å². The largest absolute Gasteiger partial charge is 0.349 e. The molecule has 0 aliphatic heterocycles. The standard InChI is InChI=1S/C12H13NO5/c1-17-12(18-2)11(14)7-6-9-4-3-5-10(8-9)13(15)16/h3-8,12H,1-2H3/b7-6+. The SMILES string of the molecule is COC(OC)C(=O)/C=C/c1cccc([N+](=O)[O-])c1. The number of nitro benzene ring substituents is 1. The third kappa shape index (κ3) is 3.76. The lowest BCUT2D eigenvalue weighted by molar-refractivity contribution is -0.384. The molecule has 0 aliphatic rings. The Kier molecular flexibility index (Phi) is 5.16. The average Bonchev–Trinajstić information content (AvgIpc) is 2.38. The molecule has 0 bridgehead atoms. The molecule has 6 nitrogen and oxygen atoms in total. The molecule has 0 radical (unpaired) electrons. The molecule has 0 amide bonds. The van der Waals surface area contributed by atoms with Crippen molar-refractivity contribution < 1.29 is 19.2 Å². The third-order valence-electron chi connectivity index (χ3n) is 2.18. The van der Waals surface area contributed by atoms with E-state index in [0.717, 1.165) is 0 Å². The molecule has 0 heterocycles. The second kappa shape index (κ2) is 6.63. The Hall–Kier alpha value is -2.05. The first-order valence-corrected chi connectivity index (χ1v) is 5.10. The van der Waals surface area contributed by atoms with Gasteiger partial charge in [-0.2, -0.15) is 0 Å². The lowest BCUT2D eigenvalue weighted by Gasteiger charge is -2.08. The second-order valence-corrected chi connectivity index (χ2v) is 3.39. The summed E-state index contributed by atoms with van der Waals surface area (Å²) in [5, 5.41) is 10.6. The molecule has 0 fully saturated rings. The van der Waals surface area contributed by atoms with Crippen LogP contribution in [0.15, 0.2) is 30.3 Å². The van der Waals surface area contributed by atoms with Crippen molar-refractivity contribution >= 4 is 17.5 Å². The predicted molar refractivity (Wildman–Crippen MR) is 64.9 cm³/mol. The number of non-ortho nitro benzene ring substituents is 1. The Balaban J connectivity index is 2.81. The minimum atomic E-state index is -0.958. The summed E-state index contributed by atoms with van der Waals surface area (Å²) in [6.07, 6.45) is 1.77. The molecule has 0 spiro atoms. The molecule has 0 aliphatic carbocycles. The van der Waals surface area contributed by atoms with Crippen LogP contribution in [-0.2, 0) is 14.3 Å². The first-order valence-electron chi connectivity index (χ1n) is 5.10. The lowest BCUT2D eigenvalue weighted by Crippen LogP contribution is -2.22. The summed E-state index contributed by atoms with van der Waals surface area (Å²) < 4.78 is 9.56. The maximum Gasteiger partial charge on any atom is 0.270 e. The van der Waals surface area contributed by atoms with Gasteiger partial charge in [0.25, 0.3) is 5.69 Å². The fourth-order valence-electron chi connectivity index (χ4n) is 1.33. The smallest absolute Gasteiger partial charge is 0.270 e. The van der Waals surface area contributed by atoms with Crippen LogP contribution in [0.5, 0.6) is 0 Å². The number of nitro groups is 1. The van der Waals surface area contributed by atoms with Crippen LogP contribution in [0.2, 0.25) is 0 Å². The van der Waals surface area contributed by atoms with Crippen molar-refractivity contribution in [1.82, 2.24) is 0 Å². The summed E-state index contributed by atoms with van der Waals surface area (Å²) in [6.45, 7) is 0. The zero-order chi connectivity index (χ0) is 13.5. The molecule has 1 rings (SSSR count). The molecule has 96 valence electrons. The monoisotopic (exact) mass is 251 g/mol. The predicted octanol–water partition coefficient (Wildman–Crippen LogP) is 1.80. The Morgan fingerprint density at radius 2 is 2.06 bits per heavy atom. The Morgan fingerprint density at radius 1 is 1.39 bits per heavy atom. The van der Waals surface area contributed by atoms with E-state index in [9.17, 15) is 14.9 Å². The van der Waals surface area contributed by atoms with Gasteiger partial charge in [-0.05, 0) is 11.6 Å². The number of benzene rings is 1. The van der Waals surface area contributed by atoms with Crippen molar-refractivity contribution in [3.63, 3.8) is 0 Å². The zero-order valence-corrected chi connectivity index (χ0v) is 10.0. The van der Waals surface area contributed by atoms with Crippen LogP contribution in [0.4, 0.5) is 5.69 Å². The van der Waals surface area contributed by atoms with Gasteiger partial charge >= 0.3 is 0 Å². The molecule has 1 aromatic rings. The molecule has 0 N–H and O–H groups in total. The van der Waals surface area contributed by atoms with Gasteiger partial charge in [-0.15, -0.1) is 0 Å². The quantitative estimate of drug-likeness (QED) is 0.333. The molecule has 6 heteroatoms. The van der Waals surface area contributed by atoms with Gasteiger partial charge in [0.1, 0.15) is 0 Å². The molecule has 0 saturated heterocycles. The van der Waals surface area contributed by atoms with Crippen molar-refractivity contribution in [1.29, 1.82) is 0 Å². The molecule has 0 unspecified atom stereocenters. The van der Waals surface area contributed by atoms with Crippen molar-refractivity contribution in [2.75, 3.05) is 14.2 Å². The highest BCUT2D eigenvalue weighted by molar-refractivity contribution is 5.96. The van der Waals surface area contributed by atoms with Gasteiger partial charge in [0, 0.05) is 26.4 Å². The number of hydrogen-bond acceptors (Lipinski definition) is 5. The number of carbonyl (C=O) groups is 1. The Morgan fingerprint density at radius 3 is 2.61 bits per heavy atom. The normalized spacial score (nSPS) is 11.1. The van der Waals surface area contributed by atoms with Crippen LogP contribution in [-0.4, -0.2) is 31.2 Å². The fourth-order valence-corrected chi connectivity index (χ4v) is 1.33. The van der Waals surface area contributed by atoms with Gasteiger partial charge in [0.15, 0.2) is 0 Å². The molecular formula is C12H13NO5. The molecule has 1 aromatic carbocycles. The molecule has 0 saturated carbocycles. The number of ketones is 1. The summed E-state index contributed by atoms with van der Waals surface area (Å²) in [5.74, 6) is -0.369. The van der Waals surface area contributed by atoms with Gasteiger partial charge in [0.2, 0.25) is 12.1 Å². The van der Waals surface area contributed by atoms with Crippen LogP contribution >= 0.6 is 0 Å². The van der Waals surface area contributed by atoms with Crippen LogP contribution in [0, 0.1) is 10.1 Å². The average molecular weight is 251 g/mol. The topological polar surface area (TPSA) is 78.7 Å². The molecule has 18 heavy (non-hydrogen) atoms.